The summed E-state index contributed by atoms with van der Waals surface area (Å²) >= 11 is 1.52. The highest BCUT2D eigenvalue weighted by molar-refractivity contribution is 7.98. The van der Waals surface area contributed by atoms with Crippen LogP contribution in [0.4, 0.5) is 11.4 Å². The Kier molecular flexibility index (Phi) is 6.99. The Bertz CT molecular complexity index is 1450. The molecule has 3 aromatic carbocycles. The van der Waals surface area contributed by atoms with E-state index in [-0.39, 0.29) is 16.3 Å². The number of rotatable bonds is 8. The highest BCUT2D eigenvalue weighted by atomic mass is 32.2. The van der Waals surface area contributed by atoms with E-state index in [1.807, 2.05) is 72.8 Å². The second kappa shape index (κ2) is 10.7. The van der Waals surface area contributed by atoms with Gasteiger partial charge in [0.1, 0.15) is 18.6 Å². The molecular formula is C29H23N4O3S+. The van der Waals surface area contributed by atoms with Gasteiger partial charge >= 0.3 is 0 Å². The topological polar surface area (TPSA) is 91.6 Å². The number of quaternary nitrogens is 1. The van der Waals surface area contributed by atoms with Crippen molar-refractivity contribution in [1.82, 2.24) is 4.00 Å². The maximum Gasteiger partial charge on any atom is 0.249 e. The number of allylic oxidation sites excluding steroid dienone is 1. The number of carbonyl (C=O) groups is 2. The molecule has 2 atom stereocenters. The van der Waals surface area contributed by atoms with E-state index in [0.29, 0.717) is 17.0 Å². The Morgan fingerprint density at radius 1 is 1.00 bits per heavy atom. The summed E-state index contributed by atoms with van der Waals surface area (Å²) < 4.78 is 5.51. The van der Waals surface area contributed by atoms with Gasteiger partial charge in [0.15, 0.2) is 23.0 Å². The zero-order valence-electron chi connectivity index (χ0n) is 19.8. The van der Waals surface area contributed by atoms with Crippen LogP contribution < -0.4 is 9.31 Å². The maximum atomic E-state index is 13.7. The number of carbonyl (C=O) groups excluding carboxylic acids is 2. The molecule has 0 aromatic heterocycles. The molecule has 2 aliphatic heterocycles. The molecule has 0 saturated heterocycles. The predicted octanol–water partition coefficient (Wildman–Crippen LogP) is 5.36. The van der Waals surface area contributed by atoms with Gasteiger partial charge in [-0.1, -0.05) is 75.8 Å². The van der Waals surface area contributed by atoms with Crippen LogP contribution in [-0.4, -0.2) is 24.0 Å². The van der Waals surface area contributed by atoms with Gasteiger partial charge in [0.25, 0.3) is 0 Å². The van der Waals surface area contributed by atoms with Gasteiger partial charge in [0, 0.05) is 23.9 Å². The van der Waals surface area contributed by atoms with Crippen molar-refractivity contribution >= 4 is 40.7 Å². The smallest absolute Gasteiger partial charge is 0.249 e. The van der Waals surface area contributed by atoms with Gasteiger partial charge < -0.3 is 10.1 Å². The Morgan fingerprint density at radius 3 is 2.32 bits per heavy atom. The van der Waals surface area contributed by atoms with Gasteiger partial charge in [-0.25, -0.2) is 0 Å². The number of hydrogen-bond donors (Lipinski definition) is 1. The average molecular weight is 508 g/mol. The number of anilines is 1. The normalized spacial score (nSPS) is 18.7. The second-order valence-corrected chi connectivity index (χ2v) is 9.45. The summed E-state index contributed by atoms with van der Waals surface area (Å²) in [6, 6.07) is 30.3. The molecular weight excluding hydrogens is 484 g/mol. The largest absolute Gasteiger partial charge is 0.496 e. The van der Waals surface area contributed by atoms with Gasteiger partial charge in [-0.2, -0.15) is 5.26 Å². The summed E-state index contributed by atoms with van der Waals surface area (Å²) in [7, 11) is 0. The van der Waals surface area contributed by atoms with Gasteiger partial charge in [-0.15, -0.1) is 0 Å². The fourth-order valence-corrected chi connectivity index (χ4v) is 5.44. The first-order chi connectivity index (χ1) is 18.1. The molecule has 2 aliphatic rings. The highest BCUT2D eigenvalue weighted by Crippen LogP contribution is 2.46. The SMILES string of the molecule is N#CC(C(=O)Nc1ccccc1)C(=O)C1=N[N+](SCc2ccccc2)(c2ccccc2)C2=C1COC=C2. The lowest BCUT2D eigenvalue weighted by atomic mass is 9.95. The Hall–Kier alpha value is -4.45. The van der Waals surface area contributed by atoms with Crippen LogP contribution in [0.2, 0.25) is 0 Å². The minimum Gasteiger partial charge on any atom is -0.496 e. The van der Waals surface area contributed by atoms with Crippen LogP contribution in [0.15, 0.2) is 120 Å². The predicted molar refractivity (Wildman–Crippen MR) is 145 cm³/mol. The minimum atomic E-state index is -1.56. The molecule has 3 aromatic rings. The summed E-state index contributed by atoms with van der Waals surface area (Å²) in [6.45, 7) is 0.119. The van der Waals surface area contributed by atoms with E-state index in [4.69, 9.17) is 9.84 Å². The second-order valence-electron chi connectivity index (χ2n) is 8.38. The van der Waals surface area contributed by atoms with E-state index in [2.05, 4.69) is 5.32 Å². The molecule has 0 radical (unpaired) electrons. The van der Waals surface area contributed by atoms with E-state index in [1.165, 1.54) is 11.9 Å². The van der Waals surface area contributed by atoms with Crippen LogP contribution in [-0.2, 0) is 20.1 Å². The molecule has 0 saturated carbocycles. The first kappa shape index (κ1) is 24.3. The van der Waals surface area contributed by atoms with Crippen LogP contribution in [0, 0.1) is 17.2 Å². The van der Waals surface area contributed by atoms with Crippen molar-refractivity contribution in [3.05, 3.63) is 120 Å². The summed E-state index contributed by atoms with van der Waals surface area (Å²) in [5.41, 5.74) is 3.87. The quantitative estimate of drug-likeness (QED) is 0.252. The number of Topliss-reactive ketones (excluding diaryl/α,β-unsaturated/α-hetero) is 1. The Labute approximate surface area is 219 Å². The van der Waals surface area contributed by atoms with E-state index in [1.54, 1.807) is 36.6 Å². The van der Waals surface area contributed by atoms with Crippen LogP contribution in [0.5, 0.6) is 0 Å². The van der Waals surface area contributed by atoms with E-state index >= 15 is 0 Å². The molecule has 37 heavy (non-hydrogen) atoms. The fraction of sp³-hybridized carbons (Fsp3) is 0.103. The van der Waals surface area contributed by atoms with Gasteiger partial charge in [-0.05, 0) is 17.7 Å². The van der Waals surface area contributed by atoms with E-state index in [0.717, 1.165) is 16.9 Å². The molecule has 182 valence electrons. The summed E-state index contributed by atoms with van der Waals surface area (Å²) in [5.74, 6) is -2.30. The maximum absolute atomic E-state index is 13.7. The molecule has 0 bridgehead atoms. The first-order valence-corrected chi connectivity index (χ1v) is 12.6. The zero-order chi connectivity index (χ0) is 25.7. The number of amides is 1. The summed E-state index contributed by atoms with van der Waals surface area (Å²) in [5, 5.41) is 17.4. The lowest BCUT2D eigenvalue weighted by Gasteiger charge is -2.27. The molecule has 0 spiro atoms. The van der Waals surface area contributed by atoms with Gasteiger partial charge in [-0.3, -0.25) is 9.59 Å². The van der Waals surface area contributed by atoms with E-state index in [9.17, 15) is 14.9 Å². The van der Waals surface area contributed by atoms with Crippen molar-refractivity contribution in [3.8, 4) is 6.07 Å². The van der Waals surface area contributed by atoms with Crippen LogP contribution in [0.3, 0.4) is 0 Å². The number of para-hydroxylation sites is 2. The number of nitriles is 1. The molecule has 5 rings (SSSR count). The number of ether oxygens (including phenoxy) is 1. The van der Waals surface area contributed by atoms with Crippen molar-refractivity contribution < 1.29 is 14.3 Å². The van der Waals surface area contributed by atoms with Crippen molar-refractivity contribution in [3.63, 3.8) is 0 Å². The monoisotopic (exact) mass is 507 g/mol. The summed E-state index contributed by atoms with van der Waals surface area (Å²) in [6.07, 6.45) is 3.39. The third kappa shape index (κ3) is 4.83. The number of benzene rings is 3. The Morgan fingerprint density at radius 2 is 1.65 bits per heavy atom. The molecule has 2 heterocycles. The molecule has 0 fully saturated rings. The van der Waals surface area contributed by atoms with E-state index < -0.39 is 17.6 Å². The van der Waals surface area contributed by atoms with Crippen molar-refractivity contribution in [2.45, 2.75) is 5.75 Å². The molecule has 1 amide bonds. The molecule has 2 unspecified atom stereocenters. The Balaban J connectivity index is 1.54. The lowest BCUT2D eigenvalue weighted by molar-refractivity contribution is -0.125. The average Bonchev–Trinajstić information content (AvgIpc) is 3.29. The van der Waals surface area contributed by atoms with Crippen LogP contribution >= 0.6 is 11.9 Å². The third-order valence-corrected chi connectivity index (χ3v) is 7.33. The number of nitrogens with zero attached hydrogens (tertiary/aromatic N) is 3. The van der Waals surface area contributed by atoms with Crippen LogP contribution in [0.25, 0.3) is 0 Å². The molecule has 7 nitrogen and oxygen atoms in total. The zero-order valence-corrected chi connectivity index (χ0v) is 20.6. The highest BCUT2D eigenvalue weighted by Gasteiger charge is 2.50. The first-order valence-electron chi connectivity index (χ1n) is 11.7. The van der Waals surface area contributed by atoms with Crippen molar-refractivity contribution in [2.24, 2.45) is 11.0 Å². The lowest BCUT2D eigenvalue weighted by Crippen LogP contribution is -2.35. The molecule has 8 heteroatoms. The van der Waals surface area contributed by atoms with Crippen LogP contribution in [0.1, 0.15) is 5.56 Å². The van der Waals surface area contributed by atoms with Gasteiger partial charge in [0.2, 0.25) is 11.7 Å². The summed E-state index contributed by atoms with van der Waals surface area (Å²) in [4.78, 5) is 26.7. The van der Waals surface area contributed by atoms with Gasteiger partial charge in [0.05, 0.1) is 23.7 Å². The number of nitrogens with one attached hydrogen (secondary N) is 1. The number of ketones is 1. The molecule has 1 N–H and O–H groups in total. The fourth-order valence-electron chi connectivity index (χ4n) is 4.20. The number of hydrogen-bond acceptors (Lipinski definition) is 6. The third-order valence-electron chi connectivity index (χ3n) is 6.01. The van der Waals surface area contributed by atoms with Crippen molar-refractivity contribution in [2.75, 3.05) is 11.9 Å². The molecule has 0 aliphatic carbocycles. The standard InChI is InChI=1S/C29H22N4O3S/c30-18-24(29(35)31-22-12-6-2-7-13-22)28(34)27-25-19-36-17-16-26(25)33(32-27,23-14-8-3-9-15-23)37-20-21-10-4-1-5-11-21/h1-17,24H,19-20H2/p+1. The van der Waals surface area contributed by atoms with Crippen molar-refractivity contribution in [1.29, 1.82) is 5.26 Å². The minimum absolute atomic E-state index is 0.0372.